The van der Waals surface area contributed by atoms with E-state index >= 15 is 0 Å². The quantitative estimate of drug-likeness (QED) is 0.528. The smallest absolute Gasteiger partial charge is 0.142 e. The third-order valence-electron chi connectivity index (χ3n) is 1.04. The molecule has 0 aromatic rings. The summed E-state index contributed by atoms with van der Waals surface area (Å²) >= 11 is 0. The number of nitrogens with one attached hydrogen (secondary N) is 2. The predicted octanol–water partition coefficient (Wildman–Crippen LogP) is 0.236. The van der Waals surface area contributed by atoms with E-state index in [0.717, 1.165) is 18.1 Å². The Morgan fingerprint density at radius 3 is 2.56 bits per heavy atom. The maximum Gasteiger partial charge on any atom is 0.142 e. The van der Waals surface area contributed by atoms with Crippen LogP contribution in [0.25, 0.3) is 0 Å². The second-order valence-corrected chi connectivity index (χ2v) is 1.83. The van der Waals surface area contributed by atoms with Gasteiger partial charge in [-0.3, -0.25) is 10.9 Å². The molecule has 50 valence electrons. The molecular formula is C5H10N4. The van der Waals surface area contributed by atoms with E-state index in [-0.39, 0.29) is 0 Å². The van der Waals surface area contributed by atoms with E-state index < -0.39 is 0 Å². The second kappa shape index (κ2) is 2.48. The molecule has 0 aromatic carbocycles. The van der Waals surface area contributed by atoms with Crippen molar-refractivity contribution >= 4 is 11.7 Å². The molecule has 1 aliphatic rings. The summed E-state index contributed by atoms with van der Waals surface area (Å²) in [6.45, 7) is 3.87. The van der Waals surface area contributed by atoms with Gasteiger partial charge in [-0.25, -0.2) is 0 Å². The van der Waals surface area contributed by atoms with E-state index in [1.165, 1.54) is 0 Å². The van der Waals surface area contributed by atoms with Crippen molar-refractivity contribution in [1.82, 2.24) is 10.9 Å². The van der Waals surface area contributed by atoms with Crippen molar-refractivity contribution in [1.29, 1.82) is 0 Å². The van der Waals surface area contributed by atoms with E-state index in [2.05, 4.69) is 21.1 Å². The Balaban J connectivity index is 2.48. The fourth-order valence-corrected chi connectivity index (χ4v) is 0.505. The van der Waals surface area contributed by atoms with Crippen molar-refractivity contribution in [2.45, 2.75) is 20.3 Å². The molecule has 0 bridgehead atoms. The standard InChI is InChI=1S/C5H10N4/c1-3-5-8-6-4(2)7-9-5/h3H2,1-2H3,(H,6,7)(H,8,9). The van der Waals surface area contributed by atoms with Gasteiger partial charge in [-0.1, -0.05) is 6.92 Å². The molecule has 0 amide bonds. The highest BCUT2D eigenvalue weighted by Gasteiger charge is 1.98. The van der Waals surface area contributed by atoms with Gasteiger partial charge in [-0.2, -0.15) is 10.2 Å². The Morgan fingerprint density at radius 1 is 1.33 bits per heavy atom. The van der Waals surface area contributed by atoms with Gasteiger partial charge < -0.3 is 0 Å². The Kier molecular flexibility index (Phi) is 1.67. The van der Waals surface area contributed by atoms with Crippen molar-refractivity contribution in [3.63, 3.8) is 0 Å². The molecule has 0 unspecified atom stereocenters. The zero-order valence-corrected chi connectivity index (χ0v) is 5.60. The molecule has 0 spiro atoms. The molecule has 0 saturated heterocycles. The molecule has 0 saturated carbocycles. The lowest BCUT2D eigenvalue weighted by atomic mass is 10.4. The van der Waals surface area contributed by atoms with Gasteiger partial charge in [-0.15, -0.1) is 0 Å². The molecule has 0 atom stereocenters. The number of rotatable bonds is 1. The Bertz CT molecular complexity index is 158. The van der Waals surface area contributed by atoms with Crippen LogP contribution >= 0.6 is 0 Å². The maximum atomic E-state index is 3.95. The lowest BCUT2D eigenvalue weighted by Crippen LogP contribution is -2.31. The van der Waals surface area contributed by atoms with Crippen LogP contribution in [0.4, 0.5) is 0 Å². The molecule has 9 heavy (non-hydrogen) atoms. The predicted molar refractivity (Wildman–Crippen MR) is 37.1 cm³/mol. The Morgan fingerprint density at radius 2 is 2.11 bits per heavy atom. The fourth-order valence-electron chi connectivity index (χ4n) is 0.505. The summed E-state index contributed by atoms with van der Waals surface area (Å²) < 4.78 is 0. The summed E-state index contributed by atoms with van der Waals surface area (Å²) in [6.07, 6.45) is 0.879. The molecular weight excluding hydrogens is 116 g/mol. The second-order valence-electron chi connectivity index (χ2n) is 1.83. The molecule has 0 radical (unpaired) electrons. The summed E-state index contributed by atoms with van der Waals surface area (Å²) in [7, 11) is 0. The van der Waals surface area contributed by atoms with Crippen molar-refractivity contribution in [3.05, 3.63) is 0 Å². The Hall–Kier alpha value is -1.06. The lowest BCUT2D eigenvalue weighted by molar-refractivity contribution is 0.852. The van der Waals surface area contributed by atoms with E-state index in [0.29, 0.717) is 0 Å². The van der Waals surface area contributed by atoms with E-state index in [4.69, 9.17) is 0 Å². The highest BCUT2D eigenvalue weighted by Crippen LogP contribution is 1.85. The summed E-state index contributed by atoms with van der Waals surface area (Å²) in [6, 6.07) is 0. The number of nitrogens with zero attached hydrogens (tertiary/aromatic N) is 2. The highest BCUT2D eigenvalue weighted by atomic mass is 15.5. The van der Waals surface area contributed by atoms with Crippen LogP contribution in [0.3, 0.4) is 0 Å². The zero-order chi connectivity index (χ0) is 6.69. The summed E-state index contributed by atoms with van der Waals surface area (Å²) in [4.78, 5) is 0. The lowest BCUT2D eigenvalue weighted by Gasteiger charge is -2.09. The largest absolute Gasteiger partial charge is 0.262 e. The van der Waals surface area contributed by atoms with E-state index in [9.17, 15) is 0 Å². The molecule has 1 heterocycles. The third kappa shape index (κ3) is 1.42. The van der Waals surface area contributed by atoms with Gasteiger partial charge in [-0.05, 0) is 6.92 Å². The first-order valence-electron chi connectivity index (χ1n) is 2.96. The van der Waals surface area contributed by atoms with Gasteiger partial charge in [0, 0.05) is 6.42 Å². The number of hydrazone groups is 2. The van der Waals surface area contributed by atoms with Crippen LogP contribution in [0.15, 0.2) is 10.2 Å². The van der Waals surface area contributed by atoms with E-state index in [1.807, 2.05) is 13.8 Å². The van der Waals surface area contributed by atoms with Crippen molar-refractivity contribution in [3.8, 4) is 0 Å². The van der Waals surface area contributed by atoms with Crippen molar-refractivity contribution < 1.29 is 0 Å². The molecule has 1 rings (SSSR count). The van der Waals surface area contributed by atoms with Crippen molar-refractivity contribution in [2.75, 3.05) is 0 Å². The molecule has 2 N–H and O–H groups in total. The van der Waals surface area contributed by atoms with E-state index in [1.54, 1.807) is 0 Å². The van der Waals surface area contributed by atoms with Crippen LogP contribution < -0.4 is 10.9 Å². The van der Waals surface area contributed by atoms with Crippen molar-refractivity contribution in [2.24, 2.45) is 10.2 Å². The minimum atomic E-state index is 0.798. The monoisotopic (exact) mass is 126 g/mol. The maximum absolute atomic E-state index is 3.95. The molecule has 1 aliphatic heterocycles. The van der Waals surface area contributed by atoms with Gasteiger partial charge in [0.1, 0.15) is 11.7 Å². The number of amidine groups is 2. The van der Waals surface area contributed by atoms with Crippen LogP contribution in [-0.2, 0) is 0 Å². The topological polar surface area (TPSA) is 48.8 Å². The molecule has 0 aliphatic carbocycles. The van der Waals surface area contributed by atoms with Gasteiger partial charge >= 0.3 is 0 Å². The summed E-state index contributed by atoms with van der Waals surface area (Å²) in [5, 5.41) is 7.86. The van der Waals surface area contributed by atoms with Crippen LogP contribution in [0, 0.1) is 0 Å². The molecule has 0 aromatic heterocycles. The average Bonchev–Trinajstić information content (AvgIpc) is 1.90. The average molecular weight is 126 g/mol. The molecule has 4 nitrogen and oxygen atoms in total. The van der Waals surface area contributed by atoms with Crippen LogP contribution in [0.2, 0.25) is 0 Å². The first-order valence-corrected chi connectivity index (χ1v) is 2.96. The first-order chi connectivity index (χ1) is 4.33. The number of hydrogen-bond donors (Lipinski definition) is 2. The van der Waals surface area contributed by atoms with Crippen LogP contribution in [0.5, 0.6) is 0 Å². The number of hydrogen-bond acceptors (Lipinski definition) is 4. The van der Waals surface area contributed by atoms with Gasteiger partial charge in [0.15, 0.2) is 0 Å². The Labute approximate surface area is 54.0 Å². The fraction of sp³-hybridized carbons (Fsp3) is 0.600. The SMILES string of the molecule is CCC1=NNC(C)=NN1. The van der Waals surface area contributed by atoms with Crippen LogP contribution in [-0.4, -0.2) is 11.7 Å². The normalized spacial score (nSPS) is 17.1. The molecule has 0 fully saturated rings. The first kappa shape index (κ1) is 6.07. The zero-order valence-electron chi connectivity index (χ0n) is 5.60. The highest BCUT2D eigenvalue weighted by molar-refractivity contribution is 5.89. The van der Waals surface area contributed by atoms with Gasteiger partial charge in [0.05, 0.1) is 0 Å². The summed E-state index contributed by atoms with van der Waals surface area (Å²) in [5.41, 5.74) is 5.55. The minimum Gasteiger partial charge on any atom is -0.262 e. The minimum absolute atomic E-state index is 0.798. The summed E-state index contributed by atoms with van der Waals surface area (Å²) in [5.74, 6) is 1.67. The molecule has 4 heteroatoms. The van der Waals surface area contributed by atoms with Crippen LogP contribution in [0.1, 0.15) is 20.3 Å². The van der Waals surface area contributed by atoms with Gasteiger partial charge in [0.2, 0.25) is 0 Å². The van der Waals surface area contributed by atoms with Gasteiger partial charge in [0.25, 0.3) is 0 Å². The third-order valence-corrected chi connectivity index (χ3v) is 1.04.